The number of rotatable bonds is 6. The molecule has 4 unspecified atom stereocenters. The molecular formula is C21H22N4O4. The molecular weight excluding hydrogens is 372 g/mol. The minimum atomic E-state index is -0.710. The standard InChI is InChI=1S/C21H22N4O4/c1-2-14-9-15(29-24-14)10-23-19(26)17-16-3-6-21(28-16)12-25(20(27)18(17)21)11-13-4-7-22-8-5-13/h3-9,16-18H,2,10-12H2,1H3,(H,23,26). The Morgan fingerprint density at radius 3 is 2.97 bits per heavy atom. The Morgan fingerprint density at radius 2 is 2.21 bits per heavy atom. The van der Waals surface area contributed by atoms with Crippen LogP contribution in [0, 0.1) is 11.8 Å². The second-order valence-corrected chi connectivity index (χ2v) is 7.81. The summed E-state index contributed by atoms with van der Waals surface area (Å²) in [5.41, 5.74) is 1.14. The van der Waals surface area contributed by atoms with E-state index in [1.807, 2.05) is 37.3 Å². The van der Waals surface area contributed by atoms with E-state index in [2.05, 4.69) is 15.5 Å². The molecule has 150 valence electrons. The van der Waals surface area contributed by atoms with E-state index in [0.717, 1.165) is 17.7 Å². The molecule has 1 N–H and O–H groups in total. The fourth-order valence-electron chi connectivity index (χ4n) is 4.62. The van der Waals surface area contributed by atoms with E-state index in [9.17, 15) is 9.59 Å². The van der Waals surface area contributed by atoms with Crippen molar-refractivity contribution in [1.29, 1.82) is 0 Å². The van der Waals surface area contributed by atoms with Crippen molar-refractivity contribution in [2.75, 3.05) is 6.54 Å². The van der Waals surface area contributed by atoms with Crippen molar-refractivity contribution >= 4 is 11.8 Å². The number of carbonyl (C=O) groups is 2. The molecule has 8 nitrogen and oxygen atoms in total. The molecule has 1 spiro atoms. The van der Waals surface area contributed by atoms with Crippen molar-refractivity contribution < 1.29 is 18.8 Å². The van der Waals surface area contributed by atoms with Crippen LogP contribution in [0.4, 0.5) is 0 Å². The highest BCUT2D eigenvalue weighted by Crippen LogP contribution is 2.52. The first-order valence-corrected chi connectivity index (χ1v) is 9.87. The molecule has 0 radical (unpaired) electrons. The summed E-state index contributed by atoms with van der Waals surface area (Å²) < 4.78 is 11.4. The third-order valence-electron chi connectivity index (χ3n) is 6.01. The van der Waals surface area contributed by atoms with Crippen LogP contribution < -0.4 is 5.32 Å². The zero-order chi connectivity index (χ0) is 20.0. The maximum absolute atomic E-state index is 13.2. The average Bonchev–Trinajstić information content (AvgIpc) is 3.48. The van der Waals surface area contributed by atoms with E-state index in [1.165, 1.54) is 0 Å². The summed E-state index contributed by atoms with van der Waals surface area (Å²) in [6.45, 7) is 3.17. The Morgan fingerprint density at radius 1 is 1.38 bits per heavy atom. The normalized spacial score (nSPS) is 29.5. The highest BCUT2D eigenvalue weighted by molar-refractivity contribution is 5.93. The van der Waals surface area contributed by atoms with Gasteiger partial charge in [-0.3, -0.25) is 14.6 Å². The Balaban J connectivity index is 1.31. The van der Waals surface area contributed by atoms with Gasteiger partial charge in [0.1, 0.15) is 5.60 Å². The maximum atomic E-state index is 13.2. The van der Waals surface area contributed by atoms with Crippen LogP contribution in [-0.2, 0) is 33.8 Å². The van der Waals surface area contributed by atoms with Gasteiger partial charge in [0.2, 0.25) is 11.8 Å². The zero-order valence-electron chi connectivity index (χ0n) is 16.1. The molecule has 8 heteroatoms. The van der Waals surface area contributed by atoms with Gasteiger partial charge in [-0.25, -0.2) is 0 Å². The number of aromatic nitrogens is 2. The molecule has 5 rings (SSSR count). The number of amides is 2. The number of ether oxygens (including phenoxy) is 1. The molecule has 2 bridgehead atoms. The number of nitrogens with one attached hydrogen (secondary N) is 1. The number of likely N-dealkylation sites (tertiary alicyclic amines) is 1. The van der Waals surface area contributed by atoms with Crippen molar-refractivity contribution in [3.63, 3.8) is 0 Å². The Bertz CT molecular complexity index is 972. The number of fused-ring (bicyclic) bond motifs is 1. The van der Waals surface area contributed by atoms with E-state index in [4.69, 9.17) is 9.26 Å². The molecule has 29 heavy (non-hydrogen) atoms. The van der Waals surface area contributed by atoms with Gasteiger partial charge in [0.25, 0.3) is 0 Å². The lowest BCUT2D eigenvalue weighted by atomic mass is 9.77. The summed E-state index contributed by atoms with van der Waals surface area (Å²) in [4.78, 5) is 32.0. The number of carbonyl (C=O) groups excluding carboxylic acids is 2. The van der Waals surface area contributed by atoms with E-state index in [0.29, 0.717) is 18.8 Å². The third kappa shape index (κ3) is 2.95. The lowest BCUT2D eigenvalue weighted by Gasteiger charge is -2.23. The maximum Gasteiger partial charge on any atom is 0.230 e. The average molecular weight is 394 g/mol. The predicted octanol–water partition coefficient (Wildman–Crippen LogP) is 1.23. The second-order valence-electron chi connectivity index (χ2n) is 7.81. The first-order valence-electron chi connectivity index (χ1n) is 9.87. The predicted molar refractivity (Wildman–Crippen MR) is 101 cm³/mol. The Labute approximate surface area is 167 Å². The highest BCUT2D eigenvalue weighted by Gasteiger charge is 2.66. The minimum absolute atomic E-state index is 0.0400. The SMILES string of the molecule is CCc1cc(CNC(=O)C2C3C=CC4(CN(Cc5ccncc5)C(=O)C24)O3)on1. The van der Waals surface area contributed by atoms with Gasteiger partial charge in [-0.1, -0.05) is 24.2 Å². The van der Waals surface area contributed by atoms with Crippen LogP contribution in [0.2, 0.25) is 0 Å². The summed E-state index contributed by atoms with van der Waals surface area (Å²) in [6, 6.07) is 5.61. The van der Waals surface area contributed by atoms with Crippen LogP contribution in [0.25, 0.3) is 0 Å². The van der Waals surface area contributed by atoms with Crippen molar-refractivity contribution in [2.24, 2.45) is 11.8 Å². The van der Waals surface area contributed by atoms with Gasteiger partial charge in [0.15, 0.2) is 5.76 Å². The quantitative estimate of drug-likeness (QED) is 0.740. The van der Waals surface area contributed by atoms with Crippen LogP contribution in [0.5, 0.6) is 0 Å². The number of hydrogen-bond acceptors (Lipinski definition) is 6. The van der Waals surface area contributed by atoms with Crippen LogP contribution in [0.1, 0.15) is 23.9 Å². The first-order chi connectivity index (χ1) is 14.1. The molecule has 5 heterocycles. The van der Waals surface area contributed by atoms with Crippen molar-refractivity contribution in [3.05, 3.63) is 59.8 Å². The summed E-state index contributed by atoms with van der Waals surface area (Å²) >= 11 is 0. The largest absolute Gasteiger partial charge is 0.360 e. The lowest BCUT2D eigenvalue weighted by molar-refractivity contribution is -0.138. The zero-order valence-corrected chi connectivity index (χ0v) is 16.1. The van der Waals surface area contributed by atoms with E-state index in [-0.39, 0.29) is 24.5 Å². The number of nitrogens with zero attached hydrogens (tertiary/aromatic N) is 3. The van der Waals surface area contributed by atoms with E-state index >= 15 is 0 Å². The van der Waals surface area contributed by atoms with Gasteiger partial charge in [0, 0.05) is 25.0 Å². The summed E-state index contributed by atoms with van der Waals surface area (Å²) in [6.07, 6.45) is 7.69. The summed E-state index contributed by atoms with van der Waals surface area (Å²) in [5.74, 6) is -0.674. The van der Waals surface area contributed by atoms with Gasteiger partial charge in [0.05, 0.1) is 36.7 Å². The first kappa shape index (κ1) is 18.1. The van der Waals surface area contributed by atoms with Gasteiger partial charge < -0.3 is 19.5 Å². The van der Waals surface area contributed by atoms with Crippen molar-refractivity contribution in [1.82, 2.24) is 20.4 Å². The lowest BCUT2D eigenvalue weighted by Crippen LogP contribution is -2.43. The van der Waals surface area contributed by atoms with Gasteiger partial charge >= 0.3 is 0 Å². The number of hydrogen-bond donors (Lipinski definition) is 1. The second kappa shape index (κ2) is 6.81. The molecule has 3 aliphatic rings. The fourth-order valence-corrected chi connectivity index (χ4v) is 4.62. The van der Waals surface area contributed by atoms with E-state index in [1.54, 1.807) is 17.3 Å². The molecule has 2 amide bonds. The number of pyridine rings is 1. The Kier molecular flexibility index (Phi) is 4.24. The molecule has 0 saturated carbocycles. The van der Waals surface area contributed by atoms with Crippen LogP contribution in [0.15, 0.2) is 47.3 Å². The molecule has 2 fully saturated rings. The third-order valence-corrected chi connectivity index (χ3v) is 6.01. The molecule has 2 aromatic heterocycles. The highest BCUT2D eigenvalue weighted by atomic mass is 16.5. The van der Waals surface area contributed by atoms with Gasteiger partial charge in [-0.2, -0.15) is 0 Å². The minimum Gasteiger partial charge on any atom is -0.360 e. The van der Waals surface area contributed by atoms with Crippen LogP contribution in [0.3, 0.4) is 0 Å². The molecule has 2 aromatic rings. The molecule has 0 aliphatic carbocycles. The number of aryl methyl sites for hydroxylation is 1. The van der Waals surface area contributed by atoms with Crippen molar-refractivity contribution in [2.45, 2.75) is 38.1 Å². The summed E-state index contributed by atoms with van der Waals surface area (Å²) in [5, 5.41) is 6.83. The van der Waals surface area contributed by atoms with Crippen LogP contribution in [-0.4, -0.2) is 45.1 Å². The monoisotopic (exact) mass is 394 g/mol. The van der Waals surface area contributed by atoms with Crippen molar-refractivity contribution in [3.8, 4) is 0 Å². The topological polar surface area (TPSA) is 97.6 Å². The van der Waals surface area contributed by atoms with Gasteiger partial charge in [-0.05, 0) is 24.1 Å². The smallest absolute Gasteiger partial charge is 0.230 e. The fraction of sp³-hybridized carbons (Fsp3) is 0.429. The van der Waals surface area contributed by atoms with E-state index < -0.39 is 17.4 Å². The van der Waals surface area contributed by atoms with Gasteiger partial charge in [-0.15, -0.1) is 0 Å². The molecule has 4 atom stereocenters. The molecule has 0 aromatic carbocycles. The Hall–Kier alpha value is -3.00. The van der Waals surface area contributed by atoms with Crippen LogP contribution >= 0.6 is 0 Å². The molecule has 3 aliphatic heterocycles. The summed E-state index contributed by atoms with van der Waals surface area (Å²) in [7, 11) is 0. The molecule has 2 saturated heterocycles.